The van der Waals surface area contributed by atoms with Crippen molar-refractivity contribution in [2.45, 2.75) is 19.8 Å². The molecule has 0 aliphatic rings. The van der Waals surface area contributed by atoms with Gasteiger partial charge < -0.3 is 19.0 Å². The zero-order chi connectivity index (χ0) is 19.8. The summed E-state index contributed by atoms with van der Waals surface area (Å²) in [5, 5.41) is 4.61. The van der Waals surface area contributed by atoms with Gasteiger partial charge in [0.1, 0.15) is 12.0 Å². The highest BCUT2D eigenvalue weighted by Gasteiger charge is 2.16. The van der Waals surface area contributed by atoms with Crippen molar-refractivity contribution in [2.75, 3.05) is 27.9 Å². The molecule has 1 unspecified atom stereocenters. The Morgan fingerprint density at radius 3 is 2.74 bits per heavy atom. The number of ether oxygens (including phenoxy) is 3. The fraction of sp³-hybridized carbons (Fsp3) is 0.368. The first-order valence-corrected chi connectivity index (χ1v) is 8.41. The lowest BCUT2D eigenvalue weighted by Crippen LogP contribution is -2.19. The van der Waals surface area contributed by atoms with E-state index in [4.69, 9.17) is 19.0 Å². The molecule has 0 aliphatic heterocycles. The Kier molecular flexibility index (Phi) is 7.39. The molecule has 2 aromatic rings. The second-order valence-corrected chi connectivity index (χ2v) is 5.90. The smallest absolute Gasteiger partial charge is 0.377 e. The van der Waals surface area contributed by atoms with E-state index in [-0.39, 0.29) is 11.7 Å². The minimum atomic E-state index is -0.623. The van der Waals surface area contributed by atoms with Crippen LogP contribution in [0.1, 0.15) is 24.1 Å². The molecule has 0 fully saturated rings. The van der Waals surface area contributed by atoms with Crippen molar-refractivity contribution in [3.05, 3.63) is 53.7 Å². The first kappa shape index (κ1) is 20.5. The first-order chi connectivity index (χ1) is 13.0. The van der Waals surface area contributed by atoms with Crippen LogP contribution < -0.4 is 10.2 Å². The maximum absolute atomic E-state index is 11.8. The third-order valence-electron chi connectivity index (χ3n) is 3.92. The summed E-state index contributed by atoms with van der Waals surface area (Å²) < 4.78 is 17.1. The number of benzene rings is 1. The number of carbonyl (C=O) groups is 1. The molecule has 146 valence electrons. The van der Waals surface area contributed by atoms with Gasteiger partial charge in [-0.05, 0) is 24.6 Å². The second kappa shape index (κ2) is 9.75. The molecule has 1 N–H and O–H groups in total. The molecule has 0 radical (unpaired) electrons. The Bertz CT molecular complexity index is 800. The average Bonchev–Trinajstić information content (AvgIpc) is 3.17. The number of carbonyl (C=O) groups excluding carboxylic acids is 1. The maximum atomic E-state index is 11.8. The number of rotatable bonds is 9. The number of hydrogen-bond donors (Lipinski definition) is 1. The van der Waals surface area contributed by atoms with E-state index in [1.807, 2.05) is 31.3 Å². The van der Waals surface area contributed by atoms with Crippen molar-refractivity contribution >= 4 is 5.97 Å². The van der Waals surface area contributed by atoms with Crippen LogP contribution in [0.25, 0.3) is 5.69 Å². The number of methoxy groups -OCH3 is 2. The Hall–Kier alpha value is -2.84. The lowest BCUT2D eigenvalue weighted by molar-refractivity contribution is -0.138. The van der Waals surface area contributed by atoms with Crippen LogP contribution in [-0.2, 0) is 19.1 Å². The van der Waals surface area contributed by atoms with Crippen LogP contribution in [0.4, 0.5) is 0 Å². The third-order valence-corrected chi connectivity index (χ3v) is 3.92. The summed E-state index contributed by atoms with van der Waals surface area (Å²) in [6.07, 6.45) is 3.08. The molecule has 0 spiro atoms. The topological polar surface area (TPSA) is 83.8 Å². The summed E-state index contributed by atoms with van der Waals surface area (Å²) in [6, 6.07) is 7.57. The van der Waals surface area contributed by atoms with Gasteiger partial charge >= 0.3 is 5.97 Å². The van der Waals surface area contributed by atoms with Crippen LogP contribution in [0.3, 0.4) is 0 Å². The van der Waals surface area contributed by atoms with Crippen LogP contribution in [-0.4, -0.2) is 43.6 Å². The summed E-state index contributed by atoms with van der Waals surface area (Å²) in [5.74, 6) is 0.0263. The van der Waals surface area contributed by atoms with Gasteiger partial charge in [0.05, 0.1) is 32.7 Å². The number of hydrogen-bond acceptors (Lipinski definition) is 7. The van der Waals surface area contributed by atoms with Crippen molar-refractivity contribution in [3.63, 3.8) is 0 Å². The van der Waals surface area contributed by atoms with Crippen LogP contribution in [0, 0.1) is 6.92 Å². The van der Waals surface area contributed by atoms with Crippen LogP contribution in [0.5, 0.6) is 5.75 Å². The van der Waals surface area contributed by atoms with E-state index in [9.17, 15) is 4.79 Å². The fourth-order valence-electron chi connectivity index (χ4n) is 2.34. The van der Waals surface area contributed by atoms with Crippen LogP contribution in [0.15, 0.2) is 42.5 Å². The maximum Gasteiger partial charge on any atom is 0.377 e. The predicted octanol–water partition coefficient (Wildman–Crippen LogP) is 2.47. The van der Waals surface area contributed by atoms with Crippen molar-refractivity contribution in [2.24, 2.45) is 0 Å². The van der Waals surface area contributed by atoms with Gasteiger partial charge in [-0.1, -0.05) is 13.0 Å². The standard InChI is InChI=1S/C19H25N3O5/c1-13-6-7-15(10-17(13)27-18(12-24-3)19(23)25-4)22-9-8-16(21-22)14(2)11-20-26-5/h6-10,12,14,20H,11H2,1-5H3/b18-12-. The van der Waals surface area contributed by atoms with Crippen LogP contribution >= 0.6 is 0 Å². The summed E-state index contributed by atoms with van der Waals surface area (Å²) in [6.45, 7) is 4.59. The number of aromatic nitrogens is 2. The quantitative estimate of drug-likeness (QED) is 0.312. The molecule has 2 rings (SSSR count). The number of aryl methyl sites for hydroxylation is 1. The molecular formula is C19H25N3O5. The zero-order valence-corrected chi connectivity index (χ0v) is 16.2. The lowest BCUT2D eigenvalue weighted by atomic mass is 10.1. The average molecular weight is 375 g/mol. The Labute approximate surface area is 158 Å². The minimum absolute atomic E-state index is 0.0410. The molecule has 0 amide bonds. The highest BCUT2D eigenvalue weighted by Crippen LogP contribution is 2.25. The predicted molar refractivity (Wildman–Crippen MR) is 99.5 cm³/mol. The molecular weight excluding hydrogens is 350 g/mol. The summed E-state index contributed by atoms with van der Waals surface area (Å²) >= 11 is 0. The lowest BCUT2D eigenvalue weighted by Gasteiger charge is -2.12. The van der Waals surface area contributed by atoms with E-state index in [1.165, 1.54) is 20.5 Å². The van der Waals surface area contributed by atoms with E-state index in [1.54, 1.807) is 17.9 Å². The Morgan fingerprint density at radius 1 is 1.30 bits per heavy atom. The van der Waals surface area contributed by atoms with E-state index in [0.29, 0.717) is 12.3 Å². The van der Waals surface area contributed by atoms with E-state index >= 15 is 0 Å². The van der Waals surface area contributed by atoms with Gasteiger partial charge in [0, 0.05) is 24.7 Å². The monoisotopic (exact) mass is 375 g/mol. The molecule has 1 atom stereocenters. The number of nitrogens with one attached hydrogen (secondary N) is 1. The van der Waals surface area contributed by atoms with Gasteiger partial charge in [-0.2, -0.15) is 5.10 Å². The summed E-state index contributed by atoms with van der Waals surface area (Å²) in [7, 11) is 4.30. The highest BCUT2D eigenvalue weighted by molar-refractivity contribution is 5.86. The van der Waals surface area contributed by atoms with Crippen molar-refractivity contribution in [1.82, 2.24) is 15.3 Å². The molecule has 0 aliphatic carbocycles. The Morgan fingerprint density at radius 2 is 2.07 bits per heavy atom. The van der Waals surface area contributed by atoms with E-state index in [0.717, 1.165) is 16.9 Å². The van der Waals surface area contributed by atoms with Gasteiger partial charge in [0.25, 0.3) is 0 Å². The molecule has 0 saturated carbocycles. The Balaban J connectivity index is 2.25. The zero-order valence-electron chi connectivity index (χ0n) is 16.2. The van der Waals surface area contributed by atoms with E-state index < -0.39 is 5.97 Å². The van der Waals surface area contributed by atoms with Crippen LogP contribution in [0.2, 0.25) is 0 Å². The number of hydroxylamine groups is 1. The third kappa shape index (κ3) is 5.32. The molecule has 1 aromatic carbocycles. The van der Waals surface area contributed by atoms with E-state index in [2.05, 4.69) is 17.5 Å². The first-order valence-electron chi connectivity index (χ1n) is 8.41. The van der Waals surface area contributed by atoms with Gasteiger partial charge in [0.2, 0.25) is 5.76 Å². The van der Waals surface area contributed by atoms with Crippen molar-refractivity contribution in [1.29, 1.82) is 0 Å². The summed E-state index contributed by atoms with van der Waals surface area (Å²) in [4.78, 5) is 16.7. The highest BCUT2D eigenvalue weighted by atomic mass is 16.6. The van der Waals surface area contributed by atoms with Gasteiger partial charge in [-0.3, -0.25) is 0 Å². The molecule has 27 heavy (non-hydrogen) atoms. The second-order valence-electron chi connectivity index (χ2n) is 5.90. The largest absolute Gasteiger partial charge is 0.500 e. The van der Waals surface area contributed by atoms with Crippen molar-refractivity contribution < 1.29 is 23.8 Å². The molecule has 1 aromatic heterocycles. The summed E-state index contributed by atoms with van der Waals surface area (Å²) in [5.41, 5.74) is 5.42. The molecule has 0 bridgehead atoms. The molecule has 1 heterocycles. The van der Waals surface area contributed by atoms with Gasteiger partial charge in [0.15, 0.2) is 0 Å². The minimum Gasteiger partial charge on any atom is -0.500 e. The molecule has 8 heteroatoms. The molecule has 0 saturated heterocycles. The SMILES string of the molecule is CO/C=C(\Oc1cc(-n2ccc(C(C)CNOC)n2)ccc1C)C(=O)OC. The van der Waals surface area contributed by atoms with Gasteiger partial charge in [-0.15, -0.1) is 0 Å². The number of esters is 1. The normalized spacial score (nSPS) is 12.6. The van der Waals surface area contributed by atoms with Crippen molar-refractivity contribution in [3.8, 4) is 11.4 Å². The fourth-order valence-corrected chi connectivity index (χ4v) is 2.34. The molecule has 8 nitrogen and oxygen atoms in total. The number of nitrogens with zero attached hydrogens (tertiary/aromatic N) is 2. The van der Waals surface area contributed by atoms with Gasteiger partial charge in [-0.25, -0.2) is 15.0 Å².